The second-order valence-corrected chi connectivity index (χ2v) is 5.20. The third kappa shape index (κ3) is 3.28. The Bertz CT molecular complexity index is 597. The molecule has 0 bridgehead atoms. The number of hydrogen-bond donors (Lipinski definition) is 2. The molecule has 1 aliphatic rings. The second-order valence-electron chi connectivity index (χ2n) is 5.20. The minimum Gasteiger partial charge on any atom is -0.351 e. The van der Waals surface area contributed by atoms with Crippen molar-refractivity contribution in [3.63, 3.8) is 0 Å². The van der Waals surface area contributed by atoms with Gasteiger partial charge >= 0.3 is 0 Å². The smallest absolute Gasteiger partial charge is 0.270 e. The fourth-order valence-electron chi connectivity index (χ4n) is 2.60. The number of nitrogens with zero attached hydrogens (tertiary/aromatic N) is 1. The van der Waals surface area contributed by atoms with E-state index in [4.69, 9.17) is 0 Å². The number of aromatic nitrogens is 1. The van der Waals surface area contributed by atoms with E-state index in [9.17, 15) is 4.79 Å². The molecular weight excluding hydrogens is 286 g/mol. The van der Waals surface area contributed by atoms with E-state index in [2.05, 4.69) is 17.2 Å². The highest BCUT2D eigenvalue weighted by Crippen LogP contribution is 2.19. The number of carbonyl (C=O) groups is 1. The van der Waals surface area contributed by atoms with E-state index in [1.54, 1.807) is 0 Å². The van der Waals surface area contributed by atoms with Gasteiger partial charge in [0.2, 0.25) is 0 Å². The van der Waals surface area contributed by atoms with Crippen LogP contribution >= 0.6 is 12.4 Å². The van der Waals surface area contributed by atoms with Crippen LogP contribution in [0.2, 0.25) is 0 Å². The van der Waals surface area contributed by atoms with Crippen molar-refractivity contribution in [1.29, 1.82) is 0 Å². The zero-order chi connectivity index (χ0) is 13.9. The Balaban J connectivity index is 0.00000161. The van der Waals surface area contributed by atoms with Gasteiger partial charge in [0.05, 0.1) is 0 Å². The van der Waals surface area contributed by atoms with Crippen molar-refractivity contribution < 1.29 is 4.79 Å². The van der Waals surface area contributed by atoms with E-state index in [1.807, 2.05) is 47.4 Å². The van der Waals surface area contributed by atoms with Crippen LogP contribution in [-0.2, 0) is 0 Å². The fraction of sp³-hybridized carbons (Fsp3) is 0.312. The normalized spacial score (nSPS) is 18.1. The second kappa shape index (κ2) is 6.78. The first-order valence-electron chi connectivity index (χ1n) is 7.02. The van der Waals surface area contributed by atoms with Gasteiger partial charge in [0.1, 0.15) is 5.69 Å². The molecule has 1 amide bonds. The van der Waals surface area contributed by atoms with E-state index >= 15 is 0 Å². The lowest BCUT2D eigenvalue weighted by Crippen LogP contribution is -2.52. The number of piperazine rings is 1. The number of rotatable bonds is 2. The molecule has 3 rings (SSSR count). The van der Waals surface area contributed by atoms with Gasteiger partial charge in [-0.2, -0.15) is 0 Å². The summed E-state index contributed by atoms with van der Waals surface area (Å²) in [5, 5.41) is 3.30. The minimum atomic E-state index is 0. The summed E-state index contributed by atoms with van der Waals surface area (Å²) in [7, 11) is 0. The van der Waals surface area contributed by atoms with Crippen molar-refractivity contribution in [3.05, 3.63) is 48.2 Å². The van der Waals surface area contributed by atoms with E-state index in [-0.39, 0.29) is 24.4 Å². The molecule has 1 saturated heterocycles. The van der Waals surface area contributed by atoms with Gasteiger partial charge in [0.15, 0.2) is 0 Å². The van der Waals surface area contributed by atoms with Crippen molar-refractivity contribution >= 4 is 18.3 Å². The third-order valence-electron chi connectivity index (χ3n) is 3.76. The number of nitrogens with one attached hydrogen (secondary N) is 2. The maximum absolute atomic E-state index is 12.5. The van der Waals surface area contributed by atoms with E-state index in [0.29, 0.717) is 5.69 Å². The first kappa shape index (κ1) is 15.6. The largest absolute Gasteiger partial charge is 0.351 e. The zero-order valence-corrected chi connectivity index (χ0v) is 12.8. The van der Waals surface area contributed by atoms with Crippen LogP contribution in [0, 0.1) is 0 Å². The summed E-state index contributed by atoms with van der Waals surface area (Å²) in [6.45, 7) is 4.56. The number of carbonyl (C=O) groups excluding carboxylic acids is 1. The first-order chi connectivity index (χ1) is 9.75. The minimum absolute atomic E-state index is 0. The van der Waals surface area contributed by atoms with Crippen molar-refractivity contribution in [2.24, 2.45) is 0 Å². The highest BCUT2D eigenvalue weighted by molar-refractivity contribution is 5.93. The van der Waals surface area contributed by atoms with E-state index in [1.165, 1.54) is 0 Å². The Morgan fingerprint density at radius 1 is 1.19 bits per heavy atom. The molecule has 2 N–H and O–H groups in total. The average molecular weight is 306 g/mol. The van der Waals surface area contributed by atoms with Gasteiger partial charge in [-0.1, -0.05) is 30.3 Å². The molecule has 2 aromatic rings. The standard InChI is InChI=1S/C16H19N3O.ClH/c1-12-11-17-9-10-19(12)16(20)15-8-7-14(18-15)13-5-3-2-4-6-13;/h2-8,12,17-18H,9-11H2,1H3;1H. The number of hydrogen-bond acceptors (Lipinski definition) is 2. The molecule has 2 heterocycles. The molecule has 1 aliphatic heterocycles. The zero-order valence-electron chi connectivity index (χ0n) is 12.0. The van der Waals surface area contributed by atoms with Crippen LogP contribution in [0.5, 0.6) is 0 Å². The summed E-state index contributed by atoms with van der Waals surface area (Å²) in [5.74, 6) is 0.0844. The summed E-state index contributed by atoms with van der Waals surface area (Å²) in [6, 6.07) is 14.1. The molecular formula is C16H20ClN3O. The van der Waals surface area contributed by atoms with Crippen LogP contribution in [0.4, 0.5) is 0 Å². The number of halogens is 1. The molecule has 0 radical (unpaired) electrons. The van der Waals surface area contributed by atoms with Crippen molar-refractivity contribution in [2.75, 3.05) is 19.6 Å². The highest BCUT2D eigenvalue weighted by Gasteiger charge is 2.24. The predicted molar refractivity (Wildman–Crippen MR) is 86.8 cm³/mol. The Kier molecular flexibility index (Phi) is 5.04. The maximum Gasteiger partial charge on any atom is 0.270 e. The summed E-state index contributed by atoms with van der Waals surface area (Å²) >= 11 is 0. The van der Waals surface area contributed by atoms with Gasteiger partial charge < -0.3 is 15.2 Å². The van der Waals surface area contributed by atoms with Gasteiger partial charge in [0.25, 0.3) is 5.91 Å². The Morgan fingerprint density at radius 2 is 1.95 bits per heavy atom. The van der Waals surface area contributed by atoms with E-state index in [0.717, 1.165) is 30.9 Å². The molecule has 1 atom stereocenters. The first-order valence-corrected chi connectivity index (χ1v) is 7.02. The lowest BCUT2D eigenvalue weighted by molar-refractivity contribution is 0.0650. The van der Waals surface area contributed by atoms with Crippen molar-refractivity contribution in [2.45, 2.75) is 13.0 Å². The van der Waals surface area contributed by atoms with Crippen LogP contribution in [0.25, 0.3) is 11.3 Å². The van der Waals surface area contributed by atoms with E-state index < -0.39 is 0 Å². The Morgan fingerprint density at radius 3 is 2.67 bits per heavy atom. The van der Waals surface area contributed by atoms with Crippen LogP contribution in [-0.4, -0.2) is 41.5 Å². The molecule has 1 aromatic carbocycles. The predicted octanol–water partition coefficient (Wildman–Crippen LogP) is 2.54. The summed E-state index contributed by atoms with van der Waals surface area (Å²) < 4.78 is 0. The average Bonchev–Trinajstić information content (AvgIpc) is 2.98. The maximum atomic E-state index is 12.5. The Labute approximate surface area is 131 Å². The van der Waals surface area contributed by atoms with Gasteiger partial charge in [-0.3, -0.25) is 4.79 Å². The Hall–Kier alpha value is -1.78. The van der Waals surface area contributed by atoms with Crippen molar-refractivity contribution in [1.82, 2.24) is 15.2 Å². The van der Waals surface area contributed by atoms with Gasteiger partial charge in [0, 0.05) is 31.4 Å². The highest BCUT2D eigenvalue weighted by atomic mass is 35.5. The van der Waals surface area contributed by atoms with Gasteiger partial charge in [-0.25, -0.2) is 0 Å². The molecule has 21 heavy (non-hydrogen) atoms. The molecule has 1 aromatic heterocycles. The lowest BCUT2D eigenvalue weighted by Gasteiger charge is -2.33. The van der Waals surface area contributed by atoms with Gasteiger partial charge in [-0.15, -0.1) is 12.4 Å². The molecule has 0 aliphatic carbocycles. The summed E-state index contributed by atoms with van der Waals surface area (Å²) in [5.41, 5.74) is 2.74. The quantitative estimate of drug-likeness (QED) is 0.896. The number of amides is 1. The monoisotopic (exact) mass is 305 g/mol. The number of benzene rings is 1. The van der Waals surface area contributed by atoms with Crippen LogP contribution < -0.4 is 5.32 Å². The molecule has 112 valence electrons. The summed E-state index contributed by atoms with van der Waals surface area (Å²) in [6.07, 6.45) is 0. The molecule has 0 spiro atoms. The lowest BCUT2D eigenvalue weighted by atomic mass is 10.2. The number of aromatic amines is 1. The third-order valence-corrected chi connectivity index (χ3v) is 3.76. The fourth-order valence-corrected chi connectivity index (χ4v) is 2.60. The number of H-pyrrole nitrogens is 1. The van der Waals surface area contributed by atoms with Crippen LogP contribution in [0.1, 0.15) is 17.4 Å². The van der Waals surface area contributed by atoms with Gasteiger partial charge in [-0.05, 0) is 24.6 Å². The van der Waals surface area contributed by atoms with Crippen LogP contribution in [0.15, 0.2) is 42.5 Å². The molecule has 5 heteroatoms. The van der Waals surface area contributed by atoms with Crippen molar-refractivity contribution in [3.8, 4) is 11.3 Å². The summed E-state index contributed by atoms with van der Waals surface area (Å²) in [4.78, 5) is 17.7. The molecule has 1 fully saturated rings. The topological polar surface area (TPSA) is 48.1 Å². The SMILES string of the molecule is CC1CNCCN1C(=O)c1ccc(-c2ccccc2)[nH]1.Cl. The van der Waals surface area contributed by atoms with Crippen LogP contribution in [0.3, 0.4) is 0 Å². The molecule has 0 saturated carbocycles. The molecule has 1 unspecified atom stereocenters. The molecule has 4 nitrogen and oxygen atoms in total.